The van der Waals surface area contributed by atoms with Gasteiger partial charge in [0, 0.05) is 12.1 Å². The monoisotopic (exact) mass is 449 g/mol. The average molecular weight is 449 g/mol. The third-order valence-corrected chi connectivity index (χ3v) is 3.54. The molecule has 31 heavy (non-hydrogen) atoms. The number of benzene rings is 2. The number of carbonyl (C=O) groups is 1. The largest absolute Gasteiger partial charge is 0.484 e. The summed E-state index contributed by atoms with van der Waals surface area (Å²) in [6.07, 6.45) is -7.21. The maximum Gasteiger partial charge on any atom is 0.422 e. The first-order valence-electron chi connectivity index (χ1n) is 8.34. The van der Waals surface area contributed by atoms with Crippen LogP contribution in [0.15, 0.2) is 48.5 Å². The molecule has 0 unspecified atom stereocenters. The van der Waals surface area contributed by atoms with E-state index in [0.717, 1.165) is 24.3 Å². The normalized spacial score (nSPS) is 12.1. The van der Waals surface area contributed by atoms with Crippen molar-refractivity contribution in [2.75, 3.05) is 13.2 Å². The van der Waals surface area contributed by atoms with E-state index in [1.165, 1.54) is 30.3 Å². The van der Waals surface area contributed by atoms with Crippen LogP contribution in [0, 0.1) is 10.1 Å². The van der Waals surface area contributed by atoms with Gasteiger partial charge >= 0.3 is 12.4 Å². The van der Waals surface area contributed by atoms with Crippen molar-refractivity contribution in [1.82, 2.24) is 0 Å². The summed E-state index contributed by atoms with van der Waals surface area (Å²) in [6, 6.07) is 7.66. The van der Waals surface area contributed by atoms with Gasteiger partial charge in [0.2, 0.25) is 0 Å². The topological polar surface area (TPSA) is 78.7 Å². The third kappa shape index (κ3) is 7.99. The van der Waals surface area contributed by atoms with Gasteiger partial charge < -0.3 is 9.47 Å². The zero-order valence-electron chi connectivity index (χ0n) is 15.4. The van der Waals surface area contributed by atoms with Crippen molar-refractivity contribution in [3.63, 3.8) is 0 Å². The lowest BCUT2D eigenvalue weighted by Gasteiger charge is -2.14. The van der Waals surface area contributed by atoms with Crippen LogP contribution in [0.2, 0.25) is 0 Å². The Balaban J connectivity index is 2.27. The van der Waals surface area contributed by atoms with Gasteiger partial charge in [0.1, 0.15) is 11.5 Å². The van der Waals surface area contributed by atoms with Gasteiger partial charge in [-0.05, 0) is 42.0 Å². The predicted octanol–water partition coefficient (Wildman–Crippen LogP) is 5.37. The number of ketones is 1. The molecule has 2 aromatic carbocycles. The first-order valence-corrected chi connectivity index (χ1v) is 8.34. The number of ether oxygens (including phenoxy) is 2. The van der Waals surface area contributed by atoms with Crippen molar-refractivity contribution in [3.05, 3.63) is 69.8 Å². The van der Waals surface area contributed by atoms with Gasteiger partial charge in [-0.15, -0.1) is 0 Å². The lowest BCUT2D eigenvalue weighted by molar-refractivity contribution is -0.384. The minimum atomic E-state index is -4.71. The average Bonchev–Trinajstić information content (AvgIpc) is 2.68. The molecular formula is C19H13F6NO5. The second kappa shape index (κ2) is 9.49. The number of hydrogen-bond acceptors (Lipinski definition) is 5. The molecule has 12 heteroatoms. The maximum absolute atomic E-state index is 12.5. The van der Waals surface area contributed by atoms with Crippen LogP contribution in [0.1, 0.15) is 15.9 Å². The predicted molar refractivity (Wildman–Crippen MR) is 96.0 cm³/mol. The van der Waals surface area contributed by atoms with Crippen LogP contribution in [-0.2, 0) is 0 Å². The molecule has 2 aromatic rings. The van der Waals surface area contributed by atoms with Gasteiger partial charge in [-0.25, -0.2) is 0 Å². The highest BCUT2D eigenvalue weighted by Crippen LogP contribution is 2.28. The van der Waals surface area contributed by atoms with Crippen LogP contribution in [0.5, 0.6) is 11.5 Å². The minimum absolute atomic E-state index is 0.194. The molecule has 0 saturated heterocycles. The van der Waals surface area contributed by atoms with Gasteiger partial charge in [-0.3, -0.25) is 14.9 Å². The summed E-state index contributed by atoms with van der Waals surface area (Å²) in [6.45, 7) is -3.38. The van der Waals surface area contributed by atoms with Crippen molar-refractivity contribution < 1.29 is 45.5 Å². The molecule has 0 radical (unpaired) electrons. The molecule has 0 aliphatic carbocycles. The number of alkyl halides is 6. The fourth-order valence-electron chi connectivity index (χ4n) is 2.21. The molecular weight excluding hydrogens is 436 g/mol. The fourth-order valence-corrected chi connectivity index (χ4v) is 2.21. The Morgan fingerprint density at radius 1 is 0.935 bits per heavy atom. The summed E-state index contributed by atoms with van der Waals surface area (Å²) in [7, 11) is 0. The second-order valence-corrected chi connectivity index (χ2v) is 6.01. The highest BCUT2D eigenvalue weighted by Gasteiger charge is 2.30. The van der Waals surface area contributed by atoms with Crippen molar-refractivity contribution in [3.8, 4) is 11.5 Å². The van der Waals surface area contributed by atoms with Crippen LogP contribution in [0.3, 0.4) is 0 Å². The SMILES string of the molecule is O=C(/C=C/c1ccc([N+](=O)[O-])cc1)c1cc(OCC(F)(F)F)ccc1OCC(F)(F)F. The zero-order valence-corrected chi connectivity index (χ0v) is 15.4. The number of non-ortho nitro benzene ring substituents is 1. The first-order chi connectivity index (χ1) is 14.3. The van der Waals surface area contributed by atoms with Crippen LogP contribution in [-0.4, -0.2) is 36.3 Å². The summed E-state index contributed by atoms with van der Waals surface area (Å²) in [5, 5.41) is 10.6. The Labute approximate surface area is 170 Å². The van der Waals surface area contributed by atoms with E-state index in [2.05, 4.69) is 9.47 Å². The summed E-state index contributed by atoms with van der Waals surface area (Å²) >= 11 is 0. The molecule has 0 atom stereocenters. The molecule has 0 amide bonds. The van der Waals surface area contributed by atoms with Crippen molar-refractivity contribution in [2.24, 2.45) is 0 Å². The van der Waals surface area contributed by atoms with E-state index in [1.807, 2.05) is 0 Å². The summed E-state index contributed by atoms with van der Waals surface area (Å²) < 4.78 is 83.4. The number of allylic oxidation sites excluding steroid dienone is 1. The van der Waals surface area contributed by atoms with Crippen molar-refractivity contribution in [2.45, 2.75) is 12.4 Å². The number of rotatable bonds is 8. The Hall–Kier alpha value is -3.57. The molecule has 6 nitrogen and oxygen atoms in total. The van der Waals surface area contributed by atoms with Crippen LogP contribution >= 0.6 is 0 Å². The van der Waals surface area contributed by atoms with Gasteiger partial charge in [-0.1, -0.05) is 6.08 Å². The molecule has 0 heterocycles. The molecule has 2 rings (SSSR count). The van der Waals surface area contributed by atoms with E-state index < -0.39 is 53.3 Å². The molecule has 166 valence electrons. The van der Waals surface area contributed by atoms with E-state index >= 15 is 0 Å². The van der Waals surface area contributed by atoms with E-state index in [9.17, 15) is 41.3 Å². The zero-order chi connectivity index (χ0) is 23.2. The Morgan fingerprint density at radius 2 is 1.52 bits per heavy atom. The minimum Gasteiger partial charge on any atom is -0.484 e. The molecule has 0 aromatic heterocycles. The lowest BCUT2D eigenvalue weighted by Crippen LogP contribution is -2.21. The maximum atomic E-state index is 12.5. The quantitative estimate of drug-likeness (QED) is 0.178. The Bertz CT molecular complexity index is 967. The smallest absolute Gasteiger partial charge is 0.422 e. The van der Waals surface area contributed by atoms with Crippen molar-refractivity contribution in [1.29, 1.82) is 0 Å². The number of nitro groups is 1. The molecule has 0 aliphatic rings. The standard InChI is InChI=1S/C19H13F6NO5/c20-18(21,22)10-30-14-6-8-17(31-11-19(23,24)25)15(9-14)16(27)7-3-12-1-4-13(5-2-12)26(28)29/h1-9H,10-11H2/b7-3+. The molecule has 0 spiro atoms. The van der Waals surface area contributed by atoms with E-state index in [-0.39, 0.29) is 5.69 Å². The summed E-state index contributed by atoms with van der Waals surface area (Å²) in [5.74, 6) is -1.79. The molecule has 0 N–H and O–H groups in total. The summed E-state index contributed by atoms with van der Waals surface area (Å²) in [5.41, 5.74) is -0.288. The number of carbonyl (C=O) groups excluding carboxylic acids is 1. The van der Waals surface area contributed by atoms with Gasteiger partial charge in [-0.2, -0.15) is 26.3 Å². The Kier molecular flexibility index (Phi) is 7.26. The molecule has 0 fully saturated rings. The van der Waals surface area contributed by atoms with E-state index in [4.69, 9.17) is 0 Å². The highest BCUT2D eigenvalue weighted by molar-refractivity contribution is 6.08. The number of nitro benzene ring substituents is 1. The Morgan fingerprint density at radius 3 is 2.06 bits per heavy atom. The van der Waals surface area contributed by atoms with E-state index in [1.54, 1.807) is 0 Å². The van der Waals surface area contributed by atoms with Gasteiger partial charge in [0.25, 0.3) is 5.69 Å². The lowest BCUT2D eigenvalue weighted by atomic mass is 10.1. The summed E-state index contributed by atoms with van der Waals surface area (Å²) in [4.78, 5) is 22.5. The number of nitrogens with zero attached hydrogens (tertiary/aromatic N) is 1. The van der Waals surface area contributed by atoms with Crippen LogP contribution in [0.25, 0.3) is 6.08 Å². The first kappa shape index (κ1) is 23.7. The highest BCUT2D eigenvalue weighted by atomic mass is 19.4. The third-order valence-electron chi connectivity index (χ3n) is 3.54. The van der Waals surface area contributed by atoms with Crippen molar-refractivity contribution >= 4 is 17.5 Å². The van der Waals surface area contributed by atoms with Crippen LogP contribution in [0.4, 0.5) is 32.0 Å². The van der Waals surface area contributed by atoms with Gasteiger partial charge in [0.15, 0.2) is 19.0 Å². The second-order valence-electron chi connectivity index (χ2n) is 6.01. The fraction of sp³-hybridized carbons (Fsp3) is 0.211. The van der Waals surface area contributed by atoms with E-state index in [0.29, 0.717) is 5.56 Å². The number of halogens is 6. The van der Waals surface area contributed by atoms with Crippen LogP contribution < -0.4 is 9.47 Å². The molecule has 0 bridgehead atoms. The number of hydrogen-bond donors (Lipinski definition) is 0. The molecule has 0 aliphatic heterocycles. The molecule has 0 saturated carbocycles. The van der Waals surface area contributed by atoms with Gasteiger partial charge in [0.05, 0.1) is 10.5 Å².